The van der Waals surface area contributed by atoms with Gasteiger partial charge in [0.25, 0.3) is 9.84 Å². The topological polar surface area (TPSA) is 55.4 Å². The van der Waals surface area contributed by atoms with E-state index in [-0.39, 0.29) is 11.7 Å². The summed E-state index contributed by atoms with van der Waals surface area (Å²) in [5, 5.41) is 3.26. The molecule has 0 aliphatic carbocycles. The van der Waals surface area contributed by atoms with E-state index in [1.165, 1.54) is 13.2 Å². The molecule has 2 aromatic rings. The third kappa shape index (κ3) is 3.31. The molecule has 0 bridgehead atoms. The lowest BCUT2D eigenvalue weighted by atomic mass is 9.88. The van der Waals surface area contributed by atoms with E-state index in [9.17, 15) is 21.6 Å². The van der Waals surface area contributed by atoms with Gasteiger partial charge >= 0.3 is 5.51 Å². The van der Waals surface area contributed by atoms with E-state index in [4.69, 9.17) is 4.74 Å². The molecule has 1 unspecified atom stereocenters. The van der Waals surface area contributed by atoms with Crippen molar-refractivity contribution in [2.45, 2.75) is 22.7 Å². The average molecular weight is 385 g/mol. The number of halogens is 3. The zero-order chi connectivity index (χ0) is 18.9. The number of methoxy groups -OCH3 is 1. The number of benzene rings is 2. The van der Waals surface area contributed by atoms with Gasteiger partial charge in [0.05, 0.1) is 7.11 Å². The van der Waals surface area contributed by atoms with E-state index in [0.717, 1.165) is 17.2 Å². The summed E-state index contributed by atoms with van der Waals surface area (Å²) >= 11 is 0. The molecule has 0 amide bonds. The van der Waals surface area contributed by atoms with Crippen LogP contribution in [0.3, 0.4) is 0 Å². The van der Waals surface area contributed by atoms with Crippen molar-refractivity contribution in [1.29, 1.82) is 0 Å². The van der Waals surface area contributed by atoms with Crippen molar-refractivity contribution < 1.29 is 26.3 Å². The molecule has 1 aliphatic rings. The van der Waals surface area contributed by atoms with Gasteiger partial charge in [0.15, 0.2) is 0 Å². The van der Waals surface area contributed by atoms with Crippen LogP contribution in [0.5, 0.6) is 5.75 Å². The van der Waals surface area contributed by atoms with E-state index in [1.807, 2.05) is 30.3 Å². The second-order valence-corrected chi connectivity index (χ2v) is 7.98. The number of hydrogen-bond acceptors (Lipinski definition) is 4. The van der Waals surface area contributed by atoms with Gasteiger partial charge in [0, 0.05) is 12.5 Å². The molecule has 3 rings (SSSR count). The summed E-state index contributed by atoms with van der Waals surface area (Å²) < 4.78 is 68.0. The summed E-state index contributed by atoms with van der Waals surface area (Å²) in [6.45, 7) is 1.15. The summed E-state index contributed by atoms with van der Waals surface area (Å²) in [6, 6.07) is 12.1. The third-order valence-electron chi connectivity index (χ3n) is 4.52. The van der Waals surface area contributed by atoms with Crippen molar-refractivity contribution in [2.24, 2.45) is 0 Å². The minimum atomic E-state index is -5.49. The molecule has 2 aromatic carbocycles. The highest BCUT2D eigenvalue weighted by molar-refractivity contribution is 7.92. The summed E-state index contributed by atoms with van der Waals surface area (Å²) in [7, 11) is -4.32. The smallest absolute Gasteiger partial charge is 0.495 e. The Labute approximate surface area is 149 Å². The lowest BCUT2D eigenvalue weighted by Gasteiger charge is -2.21. The van der Waals surface area contributed by atoms with Crippen LogP contribution in [0.2, 0.25) is 0 Å². The fourth-order valence-electron chi connectivity index (χ4n) is 3.22. The first-order chi connectivity index (χ1) is 12.3. The van der Waals surface area contributed by atoms with Crippen LogP contribution in [-0.4, -0.2) is 34.1 Å². The van der Waals surface area contributed by atoms with Crippen LogP contribution >= 0.6 is 0 Å². The molecule has 26 heavy (non-hydrogen) atoms. The van der Waals surface area contributed by atoms with Crippen LogP contribution in [0.1, 0.15) is 22.6 Å². The van der Waals surface area contributed by atoms with Crippen LogP contribution in [0, 0.1) is 0 Å². The van der Waals surface area contributed by atoms with Crippen LogP contribution in [0.4, 0.5) is 13.2 Å². The van der Waals surface area contributed by atoms with Gasteiger partial charge in [0.2, 0.25) is 0 Å². The van der Waals surface area contributed by atoms with Crippen molar-refractivity contribution >= 4 is 9.84 Å². The average Bonchev–Trinajstić information content (AvgIpc) is 2.82. The molecule has 1 atom stereocenters. The number of alkyl halides is 3. The summed E-state index contributed by atoms with van der Waals surface area (Å²) in [5.74, 6) is -0.394. The molecule has 0 fully saturated rings. The van der Waals surface area contributed by atoms with Gasteiger partial charge in [0.1, 0.15) is 10.6 Å². The first-order valence-corrected chi connectivity index (χ1v) is 9.52. The lowest BCUT2D eigenvalue weighted by Crippen LogP contribution is -2.24. The largest absolute Gasteiger partial charge is 0.502 e. The Morgan fingerprint density at radius 2 is 1.85 bits per heavy atom. The van der Waals surface area contributed by atoms with Crippen molar-refractivity contribution in [3.63, 3.8) is 0 Å². The molecule has 4 nitrogen and oxygen atoms in total. The van der Waals surface area contributed by atoms with E-state index < -0.39 is 20.2 Å². The van der Waals surface area contributed by atoms with Crippen LogP contribution < -0.4 is 10.1 Å². The van der Waals surface area contributed by atoms with Crippen molar-refractivity contribution in [2.75, 3.05) is 20.2 Å². The molecule has 0 radical (unpaired) electrons. The second kappa shape index (κ2) is 6.92. The molecule has 1 aliphatic heterocycles. The minimum Gasteiger partial charge on any atom is -0.495 e. The van der Waals surface area contributed by atoms with Gasteiger partial charge in [-0.3, -0.25) is 0 Å². The number of nitrogens with one attached hydrogen (secondary N) is 1. The molecule has 1 N–H and O–H groups in total. The van der Waals surface area contributed by atoms with Gasteiger partial charge in [-0.25, -0.2) is 8.42 Å². The maximum absolute atomic E-state index is 13.0. The fourth-order valence-corrected chi connectivity index (χ4v) is 4.17. The van der Waals surface area contributed by atoms with E-state index in [1.54, 1.807) is 0 Å². The quantitative estimate of drug-likeness (QED) is 0.881. The summed E-state index contributed by atoms with van der Waals surface area (Å²) in [6.07, 6.45) is 0.434. The Morgan fingerprint density at radius 3 is 2.46 bits per heavy atom. The van der Waals surface area contributed by atoms with Gasteiger partial charge in [-0.1, -0.05) is 30.3 Å². The molecule has 0 saturated carbocycles. The number of sulfone groups is 1. The highest BCUT2D eigenvalue weighted by atomic mass is 32.2. The van der Waals surface area contributed by atoms with Gasteiger partial charge in [-0.05, 0) is 41.8 Å². The Balaban J connectivity index is 2.20. The highest BCUT2D eigenvalue weighted by Gasteiger charge is 2.48. The molecule has 0 spiro atoms. The Morgan fingerprint density at radius 1 is 1.15 bits per heavy atom. The van der Waals surface area contributed by atoms with Gasteiger partial charge in [-0.15, -0.1) is 0 Å². The molecular formula is C18H18F3NO3S. The van der Waals surface area contributed by atoms with E-state index in [0.29, 0.717) is 25.1 Å². The van der Waals surface area contributed by atoms with Crippen LogP contribution in [0.15, 0.2) is 47.4 Å². The highest BCUT2D eigenvalue weighted by Crippen LogP contribution is 2.40. The first-order valence-electron chi connectivity index (χ1n) is 8.03. The Kier molecular flexibility index (Phi) is 4.98. The zero-order valence-corrected chi connectivity index (χ0v) is 14.8. The van der Waals surface area contributed by atoms with Crippen molar-refractivity contribution in [1.82, 2.24) is 5.32 Å². The standard InChI is InChI=1S/C18H18F3NO3S/c1-25-16-10-14-13(9-17(16)26(23,24)18(19,20)21)7-8-22-11-15(14)12-5-3-2-4-6-12/h2-6,9-10,15,22H,7-8,11H2,1H3. The van der Waals surface area contributed by atoms with E-state index in [2.05, 4.69) is 5.32 Å². The van der Waals surface area contributed by atoms with Crippen molar-refractivity contribution in [3.8, 4) is 5.75 Å². The number of ether oxygens (including phenoxy) is 1. The van der Waals surface area contributed by atoms with E-state index >= 15 is 0 Å². The summed E-state index contributed by atoms with van der Waals surface area (Å²) in [4.78, 5) is -0.833. The third-order valence-corrected chi connectivity index (χ3v) is 6.02. The molecule has 1 heterocycles. The Hall–Kier alpha value is -2.06. The van der Waals surface area contributed by atoms with Crippen LogP contribution in [-0.2, 0) is 16.3 Å². The molecule has 140 valence electrons. The number of rotatable bonds is 3. The van der Waals surface area contributed by atoms with Gasteiger partial charge in [-0.2, -0.15) is 13.2 Å². The monoisotopic (exact) mass is 385 g/mol. The van der Waals surface area contributed by atoms with Crippen LogP contribution in [0.25, 0.3) is 0 Å². The Bertz CT molecular complexity index is 896. The number of hydrogen-bond donors (Lipinski definition) is 1. The molecular weight excluding hydrogens is 367 g/mol. The lowest BCUT2D eigenvalue weighted by molar-refractivity contribution is -0.0437. The first kappa shape index (κ1) is 18.7. The molecule has 0 aromatic heterocycles. The minimum absolute atomic E-state index is 0.106. The van der Waals surface area contributed by atoms with Crippen molar-refractivity contribution in [3.05, 3.63) is 59.2 Å². The predicted molar refractivity (Wildman–Crippen MR) is 91.1 cm³/mol. The summed E-state index contributed by atoms with van der Waals surface area (Å²) in [5.41, 5.74) is -3.03. The molecule has 8 heteroatoms. The van der Waals surface area contributed by atoms with Gasteiger partial charge < -0.3 is 10.1 Å². The number of fused-ring (bicyclic) bond motifs is 1. The normalized spacial score (nSPS) is 18.1. The maximum Gasteiger partial charge on any atom is 0.502 e. The second-order valence-electron chi connectivity index (χ2n) is 6.07. The predicted octanol–water partition coefficient (Wildman–Crippen LogP) is 3.27. The zero-order valence-electron chi connectivity index (χ0n) is 14.0. The maximum atomic E-state index is 13.0. The fraction of sp³-hybridized carbons (Fsp3) is 0.333. The SMILES string of the molecule is COc1cc2c(cc1S(=O)(=O)C(F)(F)F)CCNCC2c1ccccc1. The molecule has 0 saturated heterocycles.